The summed E-state index contributed by atoms with van der Waals surface area (Å²) in [7, 11) is 0. The van der Waals surface area contributed by atoms with Crippen molar-refractivity contribution in [3.8, 4) is 0 Å². The van der Waals surface area contributed by atoms with Gasteiger partial charge in [-0.1, -0.05) is 0 Å². The van der Waals surface area contributed by atoms with E-state index < -0.39 is 5.97 Å². The predicted molar refractivity (Wildman–Crippen MR) is 80.1 cm³/mol. The number of nitrogens with zero attached hydrogens (tertiary/aromatic N) is 1. The first-order valence-electron chi connectivity index (χ1n) is 6.84. The highest BCUT2D eigenvalue weighted by atomic mass is 16.4. The van der Waals surface area contributed by atoms with Crippen LogP contribution in [0.25, 0.3) is 10.9 Å². The molecule has 5 N–H and O–H groups in total. The van der Waals surface area contributed by atoms with Crippen molar-refractivity contribution in [3.05, 3.63) is 35.0 Å². The molecule has 108 valence electrons. The Morgan fingerprint density at radius 2 is 2.05 bits per heavy atom. The average Bonchev–Trinajstić information content (AvgIpc) is 2.73. The molecule has 0 aliphatic heterocycles. The van der Waals surface area contributed by atoms with Gasteiger partial charge in [0, 0.05) is 30.2 Å². The van der Waals surface area contributed by atoms with Crippen molar-refractivity contribution < 1.29 is 9.90 Å². The van der Waals surface area contributed by atoms with Crippen LogP contribution in [-0.2, 0) is 13.0 Å². The largest absolute Gasteiger partial charge is 0.478 e. The highest BCUT2D eigenvalue weighted by Gasteiger charge is 2.14. The van der Waals surface area contributed by atoms with Crippen LogP contribution < -0.4 is 11.5 Å². The van der Waals surface area contributed by atoms with Gasteiger partial charge in [-0.15, -0.1) is 0 Å². The summed E-state index contributed by atoms with van der Waals surface area (Å²) in [5, 5.41) is 10.3. The highest BCUT2D eigenvalue weighted by Crippen LogP contribution is 2.26. The van der Waals surface area contributed by atoms with Gasteiger partial charge in [-0.05, 0) is 49.6 Å². The molecule has 2 rings (SSSR count). The second-order valence-electron chi connectivity index (χ2n) is 5.02. The van der Waals surface area contributed by atoms with Crippen LogP contribution in [0.15, 0.2) is 18.3 Å². The van der Waals surface area contributed by atoms with Gasteiger partial charge in [-0.3, -0.25) is 0 Å². The zero-order valence-corrected chi connectivity index (χ0v) is 11.7. The Morgan fingerprint density at radius 1 is 1.30 bits per heavy atom. The van der Waals surface area contributed by atoms with E-state index in [-0.39, 0.29) is 0 Å². The third-order valence-electron chi connectivity index (χ3n) is 3.56. The fourth-order valence-corrected chi connectivity index (χ4v) is 2.56. The Hall–Kier alpha value is -1.85. The molecule has 5 nitrogen and oxygen atoms in total. The van der Waals surface area contributed by atoms with E-state index >= 15 is 0 Å². The standard InChI is InChI=1S/C15H21N3O2/c1-10-7-14-13(8-12(10)15(19)20)11(3-2-4-16)9-18(14)6-5-17/h7-9H,2-6,16-17H2,1H3,(H,19,20). The molecule has 0 atom stereocenters. The molecule has 2 aromatic rings. The zero-order valence-electron chi connectivity index (χ0n) is 11.7. The third-order valence-corrected chi connectivity index (χ3v) is 3.56. The topological polar surface area (TPSA) is 94.3 Å². The maximum atomic E-state index is 11.3. The van der Waals surface area contributed by atoms with Crippen molar-refractivity contribution in [2.24, 2.45) is 11.5 Å². The summed E-state index contributed by atoms with van der Waals surface area (Å²) in [5.74, 6) is -0.888. The van der Waals surface area contributed by atoms with Gasteiger partial charge in [-0.25, -0.2) is 4.79 Å². The van der Waals surface area contributed by atoms with Gasteiger partial charge in [0.25, 0.3) is 0 Å². The molecule has 0 fully saturated rings. The highest BCUT2D eigenvalue weighted by molar-refractivity contribution is 5.96. The fourth-order valence-electron chi connectivity index (χ4n) is 2.56. The lowest BCUT2D eigenvalue weighted by Gasteiger charge is -2.06. The third kappa shape index (κ3) is 2.69. The molecule has 0 spiro atoms. The van der Waals surface area contributed by atoms with Gasteiger partial charge in [0.2, 0.25) is 0 Å². The number of carboxylic acids is 1. The van der Waals surface area contributed by atoms with E-state index in [0.717, 1.165) is 41.4 Å². The van der Waals surface area contributed by atoms with E-state index in [9.17, 15) is 9.90 Å². The van der Waals surface area contributed by atoms with Gasteiger partial charge < -0.3 is 21.1 Å². The number of nitrogens with two attached hydrogens (primary N) is 2. The van der Waals surface area contributed by atoms with E-state index in [0.29, 0.717) is 18.7 Å². The number of aromatic carboxylic acids is 1. The van der Waals surface area contributed by atoms with E-state index in [4.69, 9.17) is 11.5 Å². The summed E-state index contributed by atoms with van der Waals surface area (Å²) >= 11 is 0. The van der Waals surface area contributed by atoms with Gasteiger partial charge >= 0.3 is 5.97 Å². The Bertz CT molecular complexity index is 632. The lowest BCUT2D eigenvalue weighted by atomic mass is 10.0. The van der Waals surface area contributed by atoms with Crippen LogP contribution in [0.1, 0.15) is 27.9 Å². The van der Waals surface area contributed by atoms with Crippen LogP contribution in [0.4, 0.5) is 0 Å². The van der Waals surface area contributed by atoms with E-state index in [1.165, 1.54) is 0 Å². The summed E-state index contributed by atoms with van der Waals surface area (Å²) in [6, 6.07) is 3.70. The number of carboxylic acid groups (broad SMARTS) is 1. The Balaban J connectivity index is 2.60. The second-order valence-corrected chi connectivity index (χ2v) is 5.02. The van der Waals surface area contributed by atoms with Gasteiger partial charge in [0.15, 0.2) is 0 Å². The van der Waals surface area contributed by atoms with Crippen LogP contribution in [0.3, 0.4) is 0 Å². The number of hydrogen-bond acceptors (Lipinski definition) is 3. The van der Waals surface area contributed by atoms with Crippen molar-refractivity contribution in [2.45, 2.75) is 26.3 Å². The molecule has 0 bridgehead atoms. The maximum Gasteiger partial charge on any atom is 0.335 e. The molecule has 0 radical (unpaired) electrons. The number of benzene rings is 1. The molecule has 1 aromatic heterocycles. The minimum atomic E-state index is -0.888. The van der Waals surface area contributed by atoms with Crippen LogP contribution in [0, 0.1) is 6.92 Å². The molecule has 0 aliphatic carbocycles. The smallest absolute Gasteiger partial charge is 0.335 e. The number of aryl methyl sites for hydroxylation is 2. The lowest BCUT2D eigenvalue weighted by molar-refractivity contribution is 0.0696. The number of carbonyl (C=O) groups is 1. The summed E-state index contributed by atoms with van der Waals surface area (Å²) in [6.07, 6.45) is 3.81. The minimum Gasteiger partial charge on any atom is -0.478 e. The van der Waals surface area contributed by atoms with E-state index in [1.54, 1.807) is 6.07 Å². The SMILES string of the molecule is Cc1cc2c(cc1C(=O)O)c(CCCN)cn2CCN. The van der Waals surface area contributed by atoms with Crippen LogP contribution in [0.2, 0.25) is 0 Å². The Labute approximate surface area is 118 Å². The second kappa shape index (κ2) is 6.07. The molecular weight excluding hydrogens is 254 g/mol. The molecule has 20 heavy (non-hydrogen) atoms. The van der Waals surface area contributed by atoms with Crippen molar-refractivity contribution in [1.82, 2.24) is 4.57 Å². The first-order chi connectivity index (χ1) is 9.58. The molecule has 1 heterocycles. The fraction of sp³-hybridized carbons (Fsp3) is 0.400. The molecule has 0 unspecified atom stereocenters. The number of aromatic nitrogens is 1. The van der Waals surface area contributed by atoms with Crippen LogP contribution in [0.5, 0.6) is 0 Å². The van der Waals surface area contributed by atoms with Gasteiger partial charge in [0.05, 0.1) is 5.56 Å². The molecule has 1 aromatic carbocycles. The molecule has 5 heteroatoms. The van der Waals surface area contributed by atoms with Crippen LogP contribution in [-0.4, -0.2) is 28.7 Å². The number of fused-ring (bicyclic) bond motifs is 1. The molecular formula is C15H21N3O2. The summed E-state index contributed by atoms with van der Waals surface area (Å²) in [4.78, 5) is 11.3. The summed E-state index contributed by atoms with van der Waals surface area (Å²) in [6.45, 7) is 3.73. The molecule has 0 saturated carbocycles. The van der Waals surface area contributed by atoms with Crippen LogP contribution >= 0.6 is 0 Å². The lowest BCUT2D eigenvalue weighted by Crippen LogP contribution is -2.09. The van der Waals surface area contributed by atoms with Gasteiger partial charge in [-0.2, -0.15) is 0 Å². The van der Waals surface area contributed by atoms with E-state index in [1.807, 2.05) is 13.0 Å². The summed E-state index contributed by atoms with van der Waals surface area (Å²) < 4.78 is 2.10. The van der Waals surface area contributed by atoms with Crippen molar-refractivity contribution >= 4 is 16.9 Å². The molecule has 0 aliphatic rings. The summed E-state index contributed by atoms with van der Waals surface area (Å²) in [5.41, 5.74) is 14.5. The number of hydrogen-bond donors (Lipinski definition) is 3. The normalized spacial score (nSPS) is 11.2. The predicted octanol–water partition coefficient (Wildman–Crippen LogP) is 1.50. The minimum absolute atomic E-state index is 0.358. The van der Waals surface area contributed by atoms with Crippen molar-refractivity contribution in [2.75, 3.05) is 13.1 Å². The van der Waals surface area contributed by atoms with Gasteiger partial charge in [0.1, 0.15) is 0 Å². The number of rotatable bonds is 6. The monoisotopic (exact) mass is 275 g/mol. The van der Waals surface area contributed by atoms with Crippen molar-refractivity contribution in [3.63, 3.8) is 0 Å². The zero-order chi connectivity index (χ0) is 14.7. The average molecular weight is 275 g/mol. The quantitative estimate of drug-likeness (QED) is 0.744. The maximum absolute atomic E-state index is 11.3. The van der Waals surface area contributed by atoms with Crippen molar-refractivity contribution in [1.29, 1.82) is 0 Å². The molecule has 0 saturated heterocycles. The first-order valence-corrected chi connectivity index (χ1v) is 6.84. The molecule has 0 amide bonds. The first kappa shape index (κ1) is 14.6. The Kier molecular flexibility index (Phi) is 4.42. The Morgan fingerprint density at radius 3 is 2.65 bits per heavy atom. The van der Waals surface area contributed by atoms with E-state index in [2.05, 4.69) is 10.8 Å².